The highest BCUT2D eigenvalue weighted by molar-refractivity contribution is 5.13. The fraction of sp³-hybridized carbons (Fsp3) is 0.900. The minimum Gasteiger partial charge on any atom is -0.390 e. The smallest absolute Gasteiger partial charge is 0.0689 e. The SMILES string of the molecule is C=C[C@@]1(C)CC[C@H]2[C@@](O)(CCC3C(C)(C)CCC[C@@]32C)C1. The second kappa shape index (κ2) is 4.60. The first-order chi connectivity index (χ1) is 9.65. The van der Waals surface area contributed by atoms with E-state index >= 15 is 0 Å². The average molecular weight is 290 g/mol. The molecule has 0 spiro atoms. The van der Waals surface area contributed by atoms with Crippen molar-refractivity contribution in [1.82, 2.24) is 0 Å². The van der Waals surface area contributed by atoms with Gasteiger partial charge in [0.15, 0.2) is 0 Å². The molecule has 0 aliphatic heterocycles. The molecule has 0 bridgehead atoms. The van der Waals surface area contributed by atoms with E-state index in [9.17, 15) is 5.11 Å². The third-order valence-corrected chi connectivity index (χ3v) is 7.79. The maximum Gasteiger partial charge on any atom is 0.0689 e. The van der Waals surface area contributed by atoms with E-state index in [1.54, 1.807) is 0 Å². The Balaban J connectivity index is 1.94. The van der Waals surface area contributed by atoms with Gasteiger partial charge in [-0.2, -0.15) is 0 Å². The van der Waals surface area contributed by atoms with Gasteiger partial charge in [-0.3, -0.25) is 0 Å². The highest BCUT2D eigenvalue weighted by Crippen LogP contribution is 2.66. The summed E-state index contributed by atoms with van der Waals surface area (Å²) in [7, 11) is 0. The van der Waals surface area contributed by atoms with Crippen LogP contribution in [0.5, 0.6) is 0 Å². The number of hydrogen-bond acceptors (Lipinski definition) is 1. The van der Waals surface area contributed by atoms with Gasteiger partial charge < -0.3 is 5.11 Å². The molecule has 3 fully saturated rings. The molecule has 0 heterocycles. The summed E-state index contributed by atoms with van der Waals surface area (Å²) in [5, 5.41) is 11.5. The average Bonchev–Trinajstić information content (AvgIpc) is 2.36. The van der Waals surface area contributed by atoms with Crippen LogP contribution >= 0.6 is 0 Å². The number of rotatable bonds is 1. The van der Waals surface area contributed by atoms with Crippen LogP contribution in [-0.4, -0.2) is 10.7 Å². The van der Waals surface area contributed by atoms with Crippen LogP contribution in [0.4, 0.5) is 0 Å². The lowest BCUT2D eigenvalue weighted by Gasteiger charge is -2.64. The first kappa shape index (κ1) is 15.6. The molecule has 3 saturated carbocycles. The van der Waals surface area contributed by atoms with E-state index in [-0.39, 0.29) is 5.41 Å². The summed E-state index contributed by atoms with van der Waals surface area (Å²) in [4.78, 5) is 0. The molecule has 5 atom stereocenters. The van der Waals surface area contributed by atoms with Gasteiger partial charge in [0, 0.05) is 0 Å². The van der Waals surface area contributed by atoms with Gasteiger partial charge in [-0.05, 0) is 73.0 Å². The first-order valence-corrected chi connectivity index (χ1v) is 9.01. The zero-order valence-corrected chi connectivity index (χ0v) is 14.5. The van der Waals surface area contributed by atoms with Crippen molar-refractivity contribution < 1.29 is 5.11 Å². The van der Waals surface area contributed by atoms with Crippen LogP contribution in [-0.2, 0) is 0 Å². The standard InChI is InChI=1S/C20H34O/c1-6-18(4)12-8-16-19(5)11-7-10-17(2,3)15(19)9-13-20(16,21)14-18/h6,15-16,21H,1,7-14H2,2-5H3/t15?,16-,18+,19+,20-/m1/s1. The minimum atomic E-state index is -0.445. The molecule has 0 aromatic carbocycles. The van der Waals surface area contributed by atoms with Gasteiger partial charge in [-0.25, -0.2) is 0 Å². The van der Waals surface area contributed by atoms with Crippen molar-refractivity contribution >= 4 is 0 Å². The quantitative estimate of drug-likeness (QED) is 0.647. The molecule has 3 aliphatic carbocycles. The van der Waals surface area contributed by atoms with Crippen molar-refractivity contribution in [3.63, 3.8) is 0 Å². The van der Waals surface area contributed by atoms with Crippen molar-refractivity contribution in [2.75, 3.05) is 0 Å². The van der Waals surface area contributed by atoms with Crippen LogP contribution in [0.2, 0.25) is 0 Å². The van der Waals surface area contributed by atoms with E-state index in [1.807, 2.05) is 0 Å². The fourth-order valence-electron chi connectivity index (χ4n) is 6.73. The van der Waals surface area contributed by atoms with E-state index in [4.69, 9.17) is 0 Å². The number of allylic oxidation sites excluding steroid dienone is 1. The van der Waals surface area contributed by atoms with Crippen molar-refractivity contribution in [1.29, 1.82) is 0 Å². The molecule has 0 saturated heterocycles. The van der Waals surface area contributed by atoms with Crippen LogP contribution in [0.1, 0.15) is 79.1 Å². The highest BCUT2D eigenvalue weighted by Gasteiger charge is 2.61. The van der Waals surface area contributed by atoms with Crippen molar-refractivity contribution in [3.05, 3.63) is 12.7 Å². The lowest BCUT2D eigenvalue weighted by Crippen LogP contribution is -2.61. The number of aliphatic hydroxyl groups is 1. The van der Waals surface area contributed by atoms with Gasteiger partial charge in [0.25, 0.3) is 0 Å². The summed E-state index contributed by atoms with van der Waals surface area (Å²) in [6.07, 6.45) is 11.6. The second-order valence-corrected chi connectivity index (χ2v) is 9.67. The Morgan fingerprint density at radius 3 is 2.29 bits per heavy atom. The molecule has 1 unspecified atom stereocenters. The lowest BCUT2D eigenvalue weighted by molar-refractivity contribution is -0.202. The Morgan fingerprint density at radius 2 is 1.62 bits per heavy atom. The Morgan fingerprint density at radius 1 is 0.952 bits per heavy atom. The summed E-state index contributed by atoms with van der Waals surface area (Å²) < 4.78 is 0. The van der Waals surface area contributed by atoms with Crippen molar-refractivity contribution in [2.24, 2.45) is 28.1 Å². The van der Waals surface area contributed by atoms with E-state index in [0.29, 0.717) is 16.7 Å². The molecular weight excluding hydrogens is 256 g/mol. The summed E-state index contributed by atoms with van der Waals surface area (Å²) in [6, 6.07) is 0. The Kier molecular flexibility index (Phi) is 3.41. The van der Waals surface area contributed by atoms with Gasteiger partial charge in [0.2, 0.25) is 0 Å². The largest absolute Gasteiger partial charge is 0.390 e. The normalized spacial score (nSPS) is 52.6. The summed E-state index contributed by atoms with van der Waals surface area (Å²) in [6.45, 7) is 13.8. The predicted octanol–water partition coefficient (Wildman–Crippen LogP) is 5.34. The molecule has 0 aromatic rings. The van der Waals surface area contributed by atoms with Crippen LogP contribution in [0.25, 0.3) is 0 Å². The summed E-state index contributed by atoms with van der Waals surface area (Å²) in [5.41, 5.74) is 0.489. The first-order valence-electron chi connectivity index (χ1n) is 9.01. The van der Waals surface area contributed by atoms with E-state index in [0.717, 1.165) is 18.8 Å². The summed E-state index contributed by atoms with van der Waals surface area (Å²) >= 11 is 0. The molecule has 3 rings (SSSR count). The maximum absolute atomic E-state index is 11.5. The predicted molar refractivity (Wildman–Crippen MR) is 89.1 cm³/mol. The molecule has 1 nitrogen and oxygen atoms in total. The number of fused-ring (bicyclic) bond motifs is 3. The van der Waals surface area contributed by atoms with Crippen LogP contribution < -0.4 is 0 Å². The van der Waals surface area contributed by atoms with E-state index in [1.165, 1.54) is 38.5 Å². The maximum atomic E-state index is 11.5. The monoisotopic (exact) mass is 290 g/mol. The zero-order chi connectivity index (χ0) is 15.5. The number of hydrogen-bond donors (Lipinski definition) is 1. The van der Waals surface area contributed by atoms with Gasteiger partial charge >= 0.3 is 0 Å². The van der Waals surface area contributed by atoms with E-state index < -0.39 is 5.60 Å². The van der Waals surface area contributed by atoms with Gasteiger partial charge in [-0.15, -0.1) is 6.58 Å². The Bertz CT molecular complexity index is 439. The Labute approximate surface area is 131 Å². The van der Waals surface area contributed by atoms with Crippen LogP contribution in [0, 0.1) is 28.1 Å². The van der Waals surface area contributed by atoms with Gasteiger partial charge in [-0.1, -0.05) is 40.2 Å². The zero-order valence-electron chi connectivity index (χ0n) is 14.5. The highest BCUT2D eigenvalue weighted by atomic mass is 16.3. The van der Waals surface area contributed by atoms with E-state index in [2.05, 4.69) is 40.3 Å². The minimum absolute atomic E-state index is 0.138. The third-order valence-electron chi connectivity index (χ3n) is 7.79. The molecule has 120 valence electrons. The Hall–Kier alpha value is -0.300. The molecular formula is C20H34O. The van der Waals surface area contributed by atoms with Gasteiger partial charge in [0.1, 0.15) is 0 Å². The fourth-order valence-corrected chi connectivity index (χ4v) is 6.73. The lowest BCUT2D eigenvalue weighted by atomic mass is 9.42. The molecule has 1 N–H and O–H groups in total. The molecule has 0 amide bonds. The molecule has 0 radical (unpaired) electrons. The molecule has 0 aromatic heterocycles. The third kappa shape index (κ3) is 2.22. The summed E-state index contributed by atoms with van der Waals surface area (Å²) in [5.74, 6) is 1.29. The molecule has 1 heteroatoms. The van der Waals surface area contributed by atoms with Crippen molar-refractivity contribution in [2.45, 2.75) is 84.7 Å². The molecule has 3 aliphatic rings. The van der Waals surface area contributed by atoms with Crippen molar-refractivity contribution in [3.8, 4) is 0 Å². The second-order valence-electron chi connectivity index (χ2n) is 9.67. The van der Waals surface area contributed by atoms with Gasteiger partial charge in [0.05, 0.1) is 5.60 Å². The van der Waals surface area contributed by atoms with Crippen LogP contribution in [0.15, 0.2) is 12.7 Å². The topological polar surface area (TPSA) is 20.2 Å². The molecule has 21 heavy (non-hydrogen) atoms. The van der Waals surface area contributed by atoms with Crippen LogP contribution in [0.3, 0.4) is 0 Å².